The molecule has 1 aromatic rings. The first-order valence-corrected chi connectivity index (χ1v) is 6.89. The SMILES string of the molecule is c1ccc(OCC[N+]23CCC(CC2)CC3)cc1. The van der Waals surface area contributed by atoms with Gasteiger partial charge in [-0.3, -0.25) is 0 Å². The van der Waals surface area contributed by atoms with E-state index in [2.05, 4.69) is 0 Å². The molecule has 0 saturated carbocycles. The Kier molecular flexibility index (Phi) is 3.06. The summed E-state index contributed by atoms with van der Waals surface area (Å²) in [7, 11) is 0. The van der Waals surface area contributed by atoms with Crippen LogP contribution in [0, 0.1) is 5.92 Å². The number of hydrogen-bond acceptors (Lipinski definition) is 1. The third kappa shape index (κ3) is 2.47. The lowest BCUT2D eigenvalue weighted by Gasteiger charge is -2.49. The Hall–Kier alpha value is -1.02. The summed E-state index contributed by atoms with van der Waals surface area (Å²) in [6.07, 6.45) is 4.35. The van der Waals surface area contributed by atoms with Gasteiger partial charge >= 0.3 is 0 Å². The molecular weight excluding hydrogens is 210 g/mol. The first kappa shape index (κ1) is 11.1. The number of piperidine rings is 3. The average Bonchev–Trinajstić information content (AvgIpc) is 2.42. The topological polar surface area (TPSA) is 9.23 Å². The molecule has 3 aliphatic heterocycles. The molecule has 0 N–H and O–H groups in total. The van der Waals surface area contributed by atoms with Crippen LogP contribution in [-0.2, 0) is 0 Å². The molecular formula is C15H22NO+. The largest absolute Gasteiger partial charge is 0.488 e. The maximum absolute atomic E-state index is 5.84. The molecule has 0 unspecified atom stereocenters. The fourth-order valence-electron chi connectivity index (χ4n) is 3.35. The first-order valence-electron chi connectivity index (χ1n) is 6.89. The monoisotopic (exact) mass is 232 g/mol. The fourth-order valence-corrected chi connectivity index (χ4v) is 3.35. The Morgan fingerprint density at radius 1 is 1.00 bits per heavy atom. The summed E-state index contributed by atoms with van der Waals surface area (Å²) in [6.45, 7) is 6.24. The second-order valence-electron chi connectivity index (χ2n) is 5.63. The van der Waals surface area contributed by atoms with Gasteiger partial charge in [-0.1, -0.05) is 18.2 Å². The highest BCUT2D eigenvalue weighted by atomic mass is 16.5. The minimum absolute atomic E-state index is 0.870. The van der Waals surface area contributed by atoms with E-state index in [1.807, 2.05) is 30.3 Å². The molecule has 0 atom stereocenters. The molecule has 3 heterocycles. The zero-order valence-corrected chi connectivity index (χ0v) is 10.5. The van der Waals surface area contributed by atoms with Gasteiger partial charge in [-0.25, -0.2) is 0 Å². The van der Waals surface area contributed by atoms with Crippen LogP contribution >= 0.6 is 0 Å². The van der Waals surface area contributed by atoms with E-state index >= 15 is 0 Å². The van der Waals surface area contributed by atoms with Crippen molar-refractivity contribution in [3.8, 4) is 5.75 Å². The van der Waals surface area contributed by atoms with Gasteiger partial charge in [0, 0.05) is 0 Å². The van der Waals surface area contributed by atoms with Crippen molar-refractivity contribution in [2.75, 3.05) is 32.8 Å². The van der Waals surface area contributed by atoms with E-state index in [4.69, 9.17) is 4.74 Å². The summed E-state index contributed by atoms with van der Waals surface area (Å²) in [5.41, 5.74) is 0. The first-order chi connectivity index (χ1) is 8.36. The van der Waals surface area contributed by atoms with Crippen molar-refractivity contribution in [1.29, 1.82) is 0 Å². The van der Waals surface area contributed by atoms with Crippen LogP contribution in [0.2, 0.25) is 0 Å². The maximum Gasteiger partial charge on any atom is 0.137 e. The van der Waals surface area contributed by atoms with Gasteiger partial charge in [0.05, 0.1) is 19.6 Å². The third-order valence-electron chi connectivity index (χ3n) is 4.61. The van der Waals surface area contributed by atoms with Crippen LogP contribution in [0.1, 0.15) is 19.3 Å². The Bertz CT molecular complexity index is 341. The minimum atomic E-state index is 0.870. The van der Waals surface area contributed by atoms with Crippen molar-refractivity contribution in [3.63, 3.8) is 0 Å². The van der Waals surface area contributed by atoms with E-state index in [1.54, 1.807) is 0 Å². The highest BCUT2D eigenvalue weighted by molar-refractivity contribution is 5.20. The van der Waals surface area contributed by atoms with Crippen LogP contribution in [0.15, 0.2) is 30.3 Å². The van der Waals surface area contributed by atoms with E-state index in [0.29, 0.717) is 0 Å². The summed E-state index contributed by atoms with van der Waals surface area (Å²) in [6, 6.07) is 10.2. The Morgan fingerprint density at radius 2 is 1.65 bits per heavy atom. The Morgan fingerprint density at radius 3 is 2.29 bits per heavy atom. The van der Waals surface area contributed by atoms with Crippen LogP contribution < -0.4 is 4.74 Å². The molecule has 3 fully saturated rings. The molecule has 1 aromatic carbocycles. The van der Waals surface area contributed by atoms with Crippen LogP contribution in [0.25, 0.3) is 0 Å². The van der Waals surface area contributed by atoms with Crippen molar-refractivity contribution in [2.45, 2.75) is 19.3 Å². The van der Waals surface area contributed by atoms with Crippen LogP contribution in [-0.4, -0.2) is 37.3 Å². The molecule has 0 aromatic heterocycles. The van der Waals surface area contributed by atoms with E-state index in [9.17, 15) is 0 Å². The molecule has 2 heteroatoms. The van der Waals surface area contributed by atoms with Gasteiger partial charge in [0.25, 0.3) is 0 Å². The van der Waals surface area contributed by atoms with Gasteiger partial charge in [0.15, 0.2) is 0 Å². The molecule has 3 saturated heterocycles. The van der Waals surface area contributed by atoms with Gasteiger partial charge in [-0.05, 0) is 37.3 Å². The number of fused-ring (bicyclic) bond motifs is 3. The molecule has 0 aliphatic carbocycles. The van der Waals surface area contributed by atoms with Gasteiger partial charge in [-0.2, -0.15) is 0 Å². The number of rotatable bonds is 4. The van der Waals surface area contributed by atoms with Crippen molar-refractivity contribution in [1.82, 2.24) is 0 Å². The van der Waals surface area contributed by atoms with E-state index < -0.39 is 0 Å². The zero-order chi connectivity index (χ0) is 11.6. The summed E-state index contributed by atoms with van der Waals surface area (Å²) < 4.78 is 7.16. The molecule has 0 spiro atoms. The molecule has 3 aliphatic rings. The third-order valence-corrected chi connectivity index (χ3v) is 4.61. The molecule has 17 heavy (non-hydrogen) atoms. The van der Waals surface area contributed by atoms with Crippen molar-refractivity contribution in [3.05, 3.63) is 30.3 Å². The van der Waals surface area contributed by atoms with Crippen molar-refractivity contribution >= 4 is 0 Å². The summed E-state index contributed by atoms with van der Waals surface area (Å²) in [5, 5.41) is 0. The van der Waals surface area contributed by atoms with E-state index in [1.165, 1.54) is 49.9 Å². The van der Waals surface area contributed by atoms with Crippen molar-refractivity contribution < 1.29 is 9.22 Å². The lowest BCUT2D eigenvalue weighted by molar-refractivity contribution is -0.942. The van der Waals surface area contributed by atoms with E-state index in [0.717, 1.165) is 18.3 Å². The molecule has 0 radical (unpaired) electrons. The number of para-hydroxylation sites is 1. The standard InChI is InChI=1S/C15H22NO/c1-2-4-15(5-3-1)17-13-12-16-9-6-14(7-10-16)8-11-16/h1-5,14H,6-13H2/q+1. The molecule has 0 amide bonds. The second kappa shape index (κ2) is 4.69. The Balaban J connectivity index is 1.51. The second-order valence-corrected chi connectivity index (χ2v) is 5.63. The molecule has 4 rings (SSSR count). The molecule has 2 bridgehead atoms. The van der Waals surface area contributed by atoms with Gasteiger partial charge in [0.1, 0.15) is 18.9 Å². The maximum atomic E-state index is 5.84. The quantitative estimate of drug-likeness (QED) is 0.725. The summed E-state index contributed by atoms with van der Waals surface area (Å²) in [4.78, 5) is 0. The van der Waals surface area contributed by atoms with E-state index in [-0.39, 0.29) is 0 Å². The highest BCUT2D eigenvalue weighted by Crippen LogP contribution is 2.33. The smallest absolute Gasteiger partial charge is 0.137 e. The lowest BCUT2D eigenvalue weighted by atomic mass is 9.86. The number of quaternary nitrogens is 1. The fraction of sp³-hybridized carbons (Fsp3) is 0.600. The summed E-state index contributed by atoms with van der Waals surface area (Å²) >= 11 is 0. The van der Waals surface area contributed by atoms with Gasteiger partial charge in [0.2, 0.25) is 0 Å². The highest BCUT2D eigenvalue weighted by Gasteiger charge is 2.39. The predicted octanol–water partition coefficient (Wildman–Crippen LogP) is 2.70. The zero-order valence-electron chi connectivity index (χ0n) is 10.5. The number of benzene rings is 1. The number of nitrogens with zero attached hydrogens (tertiary/aromatic N) is 1. The van der Waals surface area contributed by atoms with Gasteiger partial charge < -0.3 is 9.22 Å². The van der Waals surface area contributed by atoms with Crippen LogP contribution in [0.3, 0.4) is 0 Å². The van der Waals surface area contributed by atoms with Crippen LogP contribution in [0.5, 0.6) is 5.75 Å². The average molecular weight is 232 g/mol. The number of ether oxygens (including phenoxy) is 1. The predicted molar refractivity (Wildman–Crippen MR) is 69.0 cm³/mol. The lowest BCUT2D eigenvalue weighted by Crippen LogP contribution is -2.59. The van der Waals surface area contributed by atoms with Gasteiger partial charge in [-0.15, -0.1) is 0 Å². The summed E-state index contributed by atoms with van der Waals surface area (Å²) in [5.74, 6) is 2.06. The minimum Gasteiger partial charge on any atom is -0.488 e. The molecule has 2 nitrogen and oxygen atoms in total. The van der Waals surface area contributed by atoms with Crippen molar-refractivity contribution in [2.24, 2.45) is 5.92 Å². The Labute approximate surface area is 104 Å². The normalized spacial score (nSPS) is 31.4. The van der Waals surface area contributed by atoms with Crippen LogP contribution in [0.4, 0.5) is 0 Å². The number of hydrogen-bond donors (Lipinski definition) is 0. The molecule has 92 valence electrons.